The van der Waals surface area contributed by atoms with Gasteiger partial charge in [-0.3, -0.25) is 9.69 Å². The van der Waals surface area contributed by atoms with Crippen LogP contribution in [0.4, 0.5) is 5.13 Å². The van der Waals surface area contributed by atoms with Crippen LogP contribution in [-0.2, 0) is 16.1 Å². The SMILES string of the molecule is NCCC(=O)Nc1nnc(CN2CCOCC2)s1. The third-order valence-electron chi connectivity index (χ3n) is 2.55. The Morgan fingerprint density at radius 1 is 1.44 bits per heavy atom. The van der Waals surface area contributed by atoms with Crippen molar-refractivity contribution in [3.8, 4) is 0 Å². The number of aromatic nitrogens is 2. The first-order valence-electron chi connectivity index (χ1n) is 5.90. The first-order chi connectivity index (χ1) is 8.78. The largest absolute Gasteiger partial charge is 0.379 e. The third-order valence-corrected chi connectivity index (χ3v) is 3.37. The van der Waals surface area contributed by atoms with Gasteiger partial charge in [-0.15, -0.1) is 10.2 Å². The van der Waals surface area contributed by atoms with Crippen molar-refractivity contribution in [3.05, 3.63) is 5.01 Å². The topological polar surface area (TPSA) is 93.4 Å². The summed E-state index contributed by atoms with van der Waals surface area (Å²) < 4.78 is 5.28. The molecule has 2 heterocycles. The predicted molar refractivity (Wildman–Crippen MR) is 68.3 cm³/mol. The minimum absolute atomic E-state index is 0.119. The smallest absolute Gasteiger partial charge is 0.227 e. The Kier molecular flexibility index (Phi) is 5.00. The van der Waals surface area contributed by atoms with Gasteiger partial charge in [0.1, 0.15) is 5.01 Å². The fourth-order valence-electron chi connectivity index (χ4n) is 1.63. The Balaban J connectivity index is 1.83. The van der Waals surface area contributed by atoms with Crippen LogP contribution in [0.15, 0.2) is 0 Å². The van der Waals surface area contributed by atoms with Crippen LogP contribution in [0.3, 0.4) is 0 Å². The van der Waals surface area contributed by atoms with Gasteiger partial charge in [-0.05, 0) is 0 Å². The van der Waals surface area contributed by atoms with Gasteiger partial charge in [0.25, 0.3) is 0 Å². The number of carbonyl (C=O) groups is 1. The molecule has 0 aromatic carbocycles. The summed E-state index contributed by atoms with van der Waals surface area (Å²) in [7, 11) is 0. The molecule has 1 aliphatic heterocycles. The number of carbonyl (C=O) groups excluding carboxylic acids is 1. The summed E-state index contributed by atoms with van der Waals surface area (Å²) in [6.45, 7) is 4.44. The second-order valence-corrected chi connectivity index (χ2v) is 5.04. The van der Waals surface area contributed by atoms with Crippen LogP contribution in [0, 0.1) is 0 Å². The molecule has 18 heavy (non-hydrogen) atoms. The Morgan fingerprint density at radius 3 is 2.94 bits per heavy atom. The lowest BCUT2D eigenvalue weighted by Crippen LogP contribution is -2.35. The van der Waals surface area contributed by atoms with E-state index in [0.717, 1.165) is 37.9 Å². The summed E-state index contributed by atoms with van der Waals surface area (Å²) in [6, 6.07) is 0. The molecule has 1 amide bonds. The van der Waals surface area contributed by atoms with Crippen molar-refractivity contribution in [2.45, 2.75) is 13.0 Å². The van der Waals surface area contributed by atoms with Gasteiger partial charge in [0, 0.05) is 26.1 Å². The van der Waals surface area contributed by atoms with Crippen molar-refractivity contribution >= 4 is 22.4 Å². The molecule has 0 unspecified atom stereocenters. The molecule has 7 nitrogen and oxygen atoms in total. The van der Waals surface area contributed by atoms with Crippen LogP contribution in [0.2, 0.25) is 0 Å². The molecule has 0 aliphatic carbocycles. The zero-order valence-electron chi connectivity index (χ0n) is 10.1. The molecular weight excluding hydrogens is 254 g/mol. The van der Waals surface area contributed by atoms with E-state index in [4.69, 9.17) is 10.5 Å². The zero-order valence-corrected chi connectivity index (χ0v) is 10.9. The molecule has 100 valence electrons. The number of anilines is 1. The van der Waals surface area contributed by atoms with Crippen LogP contribution in [0.5, 0.6) is 0 Å². The van der Waals surface area contributed by atoms with Crippen LogP contribution in [0.1, 0.15) is 11.4 Å². The van der Waals surface area contributed by atoms with Gasteiger partial charge >= 0.3 is 0 Å². The van der Waals surface area contributed by atoms with E-state index in [1.807, 2.05) is 0 Å². The van der Waals surface area contributed by atoms with Crippen molar-refractivity contribution in [2.75, 3.05) is 38.2 Å². The Morgan fingerprint density at radius 2 is 2.22 bits per heavy atom. The maximum Gasteiger partial charge on any atom is 0.227 e. The molecule has 0 saturated carbocycles. The van der Waals surface area contributed by atoms with Gasteiger partial charge in [-0.1, -0.05) is 11.3 Å². The van der Waals surface area contributed by atoms with Crippen molar-refractivity contribution in [1.82, 2.24) is 15.1 Å². The van der Waals surface area contributed by atoms with E-state index >= 15 is 0 Å². The summed E-state index contributed by atoms with van der Waals surface area (Å²) in [5, 5.41) is 12.1. The number of ether oxygens (including phenoxy) is 1. The lowest BCUT2D eigenvalue weighted by Gasteiger charge is -2.25. The van der Waals surface area contributed by atoms with Crippen LogP contribution in [-0.4, -0.2) is 53.9 Å². The molecule has 2 rings (SSSR count). The van der Waals surface area contributed by atoms with Crippen LogP contribution >= 0.6 is 11.3 Å². The minimum atomic E-state index is -0.119. The number of nitrogens with zero attached hydrogens (tertiary/aromatic N) is 3. The first-order valence-corrected chi connectivity index (χ1v) is 6.72. The van der Waals surface area contributed by atoms with Gasteiger partial charge < -0.3 is 15.8 Å². The molecule has 8 heteroatoms. The fraction of sp³-hybridized carbons (Fsp3) is 0.700. The lowest BCUT2D eigenvalue weighted by molar-refractivity contribution is -0.116. The predicted octanol–water partition coefficient (Wildman–Crippen LogP) is -0.342. The van der Waals surface area contributed by atoms with E-state index in [1.165, 1.54) is 11.3 Å². The van der Waals surface area contributed by atoms with Gasteiger partial charge in [0.15, 0.2) is 0 Å². The van der Waals surface area contributed by atoms with E-state index < -0.39 is 0 Å². The van der Waals surface area contributed by atoms with Crippen molar-refractivity contribution in [1.29, 1.82) is 0 Å². The van der Waals surface area contributed by atoms with E-state index in [-0.39, 0.29) is 5.91 Å². The Labute approximate surface area is 109 Å². The van der Waals surface area contributed by atoms with E-state index in [0.29, 0.717) is 18.1 Å². The minimum Gasteiger partial charge on any atom is -0.379 e. The average molecular weight is 271 g/mol. The molecule has 1 aromatic rings. The highest BCUT2D eigenvalue weighted by Crippen LogP contribution is 2.17. The summed E-state index contributed by atoms with van der Waals surface area (Å²) in [5.41, 5.74) is 5.30. The van der Waals surface area contributed by atoms with Crippen LogP contribution in [0.25, 0.3) is 0 Å². The molecule has 0 bridgehead atoms. The number of hydrogen-bond donors (Lipinski definition) is 2. The molecule has 3 N–H and O–H groups in total. The van der Waals surface area contributed by atoms with Gasteiger partial charge in [-0.25, -0.2) is 0 Å². The molecular formula is C10H17N5O2S. The monoisotopic (exact) mass is 271 g/mol. The summed E-state index contributed by atoms with van der Waals surface area (Å²) in [6.07, 6.45) is 0.304. The Bertz CT molecular complexity index is 391. The van der Waals surface area contributed by atoms with Gasteiger partial charge in [-0.2, -0.15) is 0 Å². The lowest BCUT2D eigenvalue weighted by atomic mass is 10.4. The molecule has 1 aliphatic rings. The average Bonchev–Trinajstić information content (AvgIpc) is 2.78. The quantitative estimate of drug-likeness (QED) is 0.761. The van der Waals surface area contributed by atoms with E-state index in [9.17, 15) is 4.79 Å². The number of amides is 1. The van der Waals surface area contributed by atoms with Gasteiger partial charge in [0.2, 0.25) is 11.0 Å². The number of nitrogens with two attached hydrogens (primary N) is 1. The normalized spacial score (nSPS) is 16.7. The fourth-order valence-corrected chi connectivity index (χ4v) is 2.43. The zero-order chi connectivity index (χ0) is 12.8. The van der Waals surface area contributed by atoms with Gasteiger partial charge in [0.05, 0.1) is 19.8 Å². The van der Waals surface area contributed by atoms with E-state index in [2.05, 4.69) is 20.4 Å². The highest BCUT2D eigenvalue weighted by atomic mass is 32.1. The maximum atomic E-state index is 11.3. The first kappa shape index (κ1) is 13.3. The standard InChI is InChI=1S/C10H17N5O2S/c11-2-1-8(16)12-10-14-13-9(18-10)7-15-3-5-17-6-4-15/h1-7,11H2,(H,12,14,16). The molecule has 0 atom stereocenters. The molecule has 1 saturated heterocycles. The van der Waals surface area contributed by atoms with Crippen molar-refractivity contribution in [3.63, 3.8) is 0 Å². The van der Waals surface area contributed by atoms with Crippen LogP contribution < -0.4 is 11.1 Å². The van der Waals surface area contributed by atoms with Crippen molar-refractivity contribution in [2.24, 2.45) is 5.73 Å². The Hall–Kier alpha value is -1.09. The molecule has 0 radical (unpaired) electrons. The molecule has 1 fully saturated rings. The maximum absolute atomic E-state index is 11.3. The number of hydrogen-bond acceptors (Lipinski definition) is 7. The van der Waals surface area contributed by atoms with E-state index in [1.54, 1.807) is 0 Å². The highest BCUT2D eigenvalue weighted by molar-refractivity contribution is 7.15. The second kappa shape index (κ2) is 6.74. The summed E-state index contributed by atoms with van der Waals surface area (Å²) in [4.78, 5) is 13.6. The summed E-state index contributed by atoms with van der Waals surface area (Å²) >= 11 is 1.40. The number of nitrogens with one attached hydrogen (secondary N) is 1. The molecule has 0 spiro atoms. The number of rotatable bonds is 5. The van der Waals surface area contributed by atoms with Crippen molar-refractivity contribution < 1.29 is 9.53 Å². The summed E-state index contributed by atoms with van der Waals surface area (Å²) in [5.74, 6) is -0.119. The molecule has 1 aromatic heterocycles. The third kappa shape index (κ3) is 3.98. The highest BCUT2D eigenvalue weighted by Gasteiger charge is 2.14. The number of morpholine rings is 1. The second-order valence-electron chi connectivity index (χ2n) is 3.98.